The Kier molecular flexibility index (Phi) is 3.55. The molecule has 3 heteroatoms. The highest BCUT2D eigenvalue weighted by atomic mass is 79.9. The highest BCUT2D eigenvalue weighted by molar-refractivity contribution is 9.10. The van der Waals surface area contributed by atoms with Crippen LogP contribution in [0.4, 0.5) is 0 Å². The fourth-order valence-corrected chi connectivity index (χ4v) is 2.93. The Morgan fingerprint density at radius 2 is 1.94 bits per heavy atom. The minimum absolute atomic E-state index is 0.0937. The average Bonchev–Trinajstić information content (AvgIpc) is 2.33. The molecule has 0 unspecified atom stereocenters. The molecule has 0 spiro atoms. The molecule has 1 aromatic carbocycles. The van der Waals surface area contributed by atoms with Gasteiger partial charge in [-0.05, 0) is 46.5 Å². The molecular formula is C13H18BrNO. The van der Waals surface area contributed by atoms with Crippen LogP contribution < -0.4 is 5.73 Å². The first-order valence-corrected chi connectivity index (χ1v) is 6.66. The van der Waals surface area contributed by atoms with Gasteiger partial charge in [-0.25, -0.2) is 0 Å². The van der Waals surface area contributed by atoms with Crippen LogP contribution in [0.1, 0.15) is 37.7 Å². The van der Waals surface area contributed by atoms with Gasteiger partial charge in [-0.3, -0.25) is 0 Å². The van der Waals surface area contributed by atoms with Crippen LogP contribution in [0.5, 0.6) is 5.75 Å². The summed E-state index contributed by atoms with van der Waals surface area (Å²) in [5, 5.41) is 9.75. The zero-order valence-corrected chi connectivity index (χ0v) is 11.0. The van der Waals surface area contributed by atoms with E-state index in [-0.39, 0.29) is 5.41 Å². The van der Waals surface area contributed by atoms with Crippen LogP contribution in [0.15, 0.2) is 22.7 Å². The summed E-state index contributed by atoms with van der Waals surface area (Å²) in [5.41, 5.74) is 7.25. The first-order valence-electron chi connectivity index (χ1n) is 5.87. The molecule has 1 aliphatic rings. The molecule has 1 fully saturated rings. The second kappa shape index (κ2) is 4.76. The number of aromatic hydroxyl groups is 1. The molecule has 3 N–H and O–H groups in total. The summed E-state index contributed by atoms with van der Waals surface area (Å²) >= 11 is 3.31. The second-order valence-corrected chi connectivity index (χ2v) is 5.57. The van der Waals surface area contributed by atoms with Crippen molar-refractivity contribution in [2.45, 2.75) is 37.5 Å². The zero-order chi connectivity index (χ0) is 11.6. The van der Waals surface area contributed by atoms with E-state index in [4.69, 9.17) is 5.73 Å². The molecule has 1 saturated carbocycles. The largest absolute Gasteiger partial charge is 0.507 e. The summed E-state index contributed by atoms with van der Waals surface area (Å²) in [6.07, 6.45) is 6.08. The third kappa shape index (κ3) is 2.11. The lowest BCUT2D eigenvalue weighted by molar-refractivity contribution is 0.299. The Hall–Kier alpha value is -0.540. The van der Waals surface area contributed by atoms with Crippen LogP contribution in [0.3, 0.4) is 0 Å². The van der Waals surface area contributed by atoms with Gasteiger partial charge in [0.15, 0.2) is 0 Å². The Morgan fingerprint density at radius 1 is 1.25 bits per heavy atom. The van der Waals surface area contributed by atoms with Crippen molar-refractivity contribution in [2.24, 2.45) is 5.73 Å². The standard InChI is InChI=1S/C13H18BrNO/c14-11-5-4-10(8-12(11)16)13(9-15)6-2-1-3-7-13/h4-5,8,16H,1-3,6-7,9,15H2. The van der Waals surface area contributed by atoms with E-state index in [9.17, 15) is 5.11 Å². The van der Waals surface area contributed by atoms with Crippen molar-refractivity contribution in [3.63, 3.8) is 0 Å². The lowest BCUT2D eigenvalue weighted by Crippen LogP contribution is -2.37. The van der Waals surface area contributed by atoms with Gasteiger partial charge in [0.05, 0.1) is 4.47 Å². The normalized spacial score (nSPS) is 19.6. The van der Waals surface area contributed by atoms with E-state index in [2.05, 4.69) is 22.0 Å². The number of phenols is 1. The van der Waals surface area contributed by atoms with Crippen molar-refractivity contribution in [3.8, 4) is 5.75 Å². The number of rotatable bonds is 2. The molecule has 2 nitrogen and oxygen atoms in total. The average molecular weight is 284 g/mol. The summed E-state index contributed by atoms with van der Waals surface area (Å²) in [7, 11) is 0. The maximum Gasteiger partial charge on any atom is 0.130 e. The van der Waals surface area contributed by atoms with E-state index in [0.29, 0.717) is 12.3 Å². The molecule has 0 aromatic heterocycles. The van der Waals surface area contributed by atoms with E-state index in [0.717, 1.165) is 17.3 Å². The smallest absolute Gasteiger partial charge is 0.130 e. The maximum atomic E-state index is 9.75. The van der Waals surface area contributed by atoms with Gasteiger partial charge in [-0.2, -0.15) is 0 Å². The summed E-state index contributed by atoms with van der Waals surface area (Å²) in [6.45, 7) is 0.675. The van der Waals surface area contributed by atoms with Crippen LogP contribution in [-0.4, -0.2) is 11.7 Å². The molecule has 1 aliphatic carbocycles. The van der Waals surface area contributed by atoms with Crippen LogP contribution in [0, 0.1) is 0 Å². The number of nitrogens with two attached hydrogens (primary N) is 1. The van der Waals surface area contributed by atoms with Crippen LogP contribution in [0.2, 0.25) is 0 Å². The number of halogens is 1. The minimum Gasteiger partial charge on any atom is -0.507 e. The van der Waals surface area contributed by atoms with Gasteiger partial charge in [0.2, 0.25) is 0 Å². The first kappa shape index (κ1) is 11.9. The SMILES string of the molecule is NCC1(c2ccc(Br)c(O)c2)CCCCC1. The fraction of sp³-hybridized carbons (Fsp3) is 0.538. The number of benzene rings is 1. The molecule has 0 atom stereocenters. The van der Waals surface area contributed by atoms with Crippen molar-refractivity contribution in [3.05, 3.63) is 28.2 Å². The summed E-state index contributed by atoms with van der Waals surface area (Å²) < 4.78 is 0.749. The molecule has 0 radical (unpaired) electrons. The van der Waals surface area contributed by atoms with Crippen LogP contribution in [-0.2, 0) is 5.41 Å². The zero-order valence-electron chi connectivity index (χ0n) is 9.38. The van der Waals surface area contributed by atoms with Gasteiger partial charge < -0.3 is 10.8 Å². The first-order chi connectivity index (χ1) is 7.68. The molecular weight excluding hydrogens is 266 g/mol. The van der Waals surface area contributed by atoms with Crippen molar-refractivity contribution in [2.75, 3.05) is 6.54 Å². The highest BCUT2D eigenvalue weighted by Gasteiger charge is 2.32. The van der Waals surface area contributed by atoms with E-state index in [1.165, 1.54) is 24.8 Å². The summed E-state index contributed by atoms with van der Waals surface area (Å²) in [4.78, 5) is 0. The van der Waals surface area contributed by atoms with Crippen molar-refractivity contribution in [1.82, 2.24) is 0 Å². The van der Waals surface area contributed by atoms with Gasteiger partial charge in [0.1, 0.15) is 5.75 Å². The topological polar surface area (TPSA) is 46.2 Å². The highest BCUT2D eigenvalue weighted by Crippen LogP contribution is 2.40. The van der Waals surface area contributed by atoms with Gasteiger partial charge in [-0.1, -0.05) is 25.3 Å². The van der Waals surface area contributed by atoms with Crippen LogP contribution >= 0.6 is 15.9 Å². The lowest BCUT2D eigenvalue weighted by atomic mass is 9.69. The molecule has 2 rings (SSSR count). The predicted molar refractivity (Wildman–Crippen MR) is 69.6 cm³/mol. The molecule has 0 saturated heterocycles. The van der Waals surface area contributed by atoms with Crippen molar-refractivity contribution >= 4 is 15.9 Å². The number of phenolic OH excluding ortho intramolecular Hbond substituents is 1. The second-order valence-electron chi connectivity index (χ2n) is 4.71. The van der Waals surface area contributed by atoms with E-state index >= 15 is 0 Å². The minimum atomic E-state index is 0.0937. The third-order valence-corrected chi connectivity index (χ3v) is 4.43. The molecule has 0 bridgehead atoms. The third-order valence-electron chi connectivity index (χ3n) is 3.76. The number of hydrogen-bond donors (Lipinski definition) is 2. The molecule has 0 heterocycles. The Bertz CT molecular complexity index is 372. The molecule has 0 amide bonds. The fourth-order valence-electron chi connectivity index (χ4n) is 2.68. The molecule has 1 aromatic rings. The Balaban J connectivity index is 2.35. The van der Waals surface area contributed by atoms with Gasteiger partial charge in [0, 0.05) is 12.0 Å². The molecule has 88 valence electrons. The summed E-state index contributed by atoms with van der Waals surface area (Å²) in [5.74, 6) is 0.316. The molecule has 16 heavy (non-hydrogen) atoms. The van der Waals surface area contributed by atoms with E-state index in [1.807, 2.05) is 12.1 Å². The van der Waals surface area contributed by atoms with E-state index < -0.39 is 0 Å². The lowest BCUT2D eigenvalue weighted by Gasteiger charge is -2.37. The maximum absolute atomic E-state index is 9.75. The monoisotopic (exact) mass is 283 g/mol. The quantitative estimate of drug-likeness (QED) is 0.875. The van der Waals surface area contributed by atoms with Gasteiger partial charge in [0.25, 0.3) is 0 Å². The number of hydrogen-bond acceptors (Lipinski definition) is 2. The van der Waals surface area contributed by atoms with E-state index in [1.54, 1.807) is 0 Å². The Labute approximate surface area is 105 Å². The molecule has 0 aliphatic heterocycles. The predicted octanol–water partition coefficient (Wildman–Crippen LogP) is 3.32. The summed E-state index contributed by atoms with van der Waals surface area (Å²) in [6, 6.07) is 5.86. The van der Waals surface area contributed by atoms with Crippen molar-refractivity contribution < 1.29 is 5.11 Å². The van der Waals surface area contributed by atoms with Crippen molar-refractivity contribution in [1.29, 1.82) is 0 Å². The van der Waals surface area contributed by atoms with Crippen LogP contribution in [0.25, 0.3) is 0 Å². The van der Waals surface area contributed by atoms with Gasteiger partial charge in [-0.15, -0.1) is 0 Å². The van der Waals surface area contributed by atoms with Gasteiger partial charge >= 0.3 is 0 Å². The Morgan fingerprint density at radius 3 is 2.50 bits per heavy atom.